The molecule has 216 valence electrons. The molecule has 0 saturated carbocycles. The summed E-state index contributed by atoms with van der Waals surface area (Å²) < 4.78 is 16.0. The number of hydrogen-bond acceptors (Lipinski definition) is 6. The first kappa shape index (κ1) is 31.0. The largest absolute Gasteiger partial charge is 0.493 e. The standard InChI is InChI=1S/C31H41N3O5S/c1-22-14-18-40-28(22)20-33(16-13-25-11-12-26(38-5)27(19-25)39-6)29(35)21-34(15-8-17-37-4)31(36)32-30-23(2)9-7-10-24(30)3/h7,9-12,14,18-19H,8,13,15-17,20-21H2,1-6H3,(H,32,36). The van der Waals surface area contributed by atoms with Gasteiger partial charge in [-0.05, 0) is 79.4 Å². The Hall–Kier alpha value is -3.56. The molecule has 2 aromatic carbocycles. The highest BCUT2D eigenvalue weighted by Crippen LogP contribution is 2.28. The van der Waals surface area contributed by atoms with Crippen molar-refractivity contribution in [2.75, 3.05) is 52.9 Å². The zero-order chi connectivity index (χ0) is 29.1. The summed E-state index contributed by atoms with van der Waals surface area (Å²) >= 11 is 1.64. The number of rotatable bonds is 14. The lowest BCUT2D eigenvalue weighted by atomic mass is 10.1. The van der Waals surface area contributed by atoms with Crippen LogP contribution in [0.2, 0.25) is 0 Å². The van der Waals surface area contributed by atoms with Crippen molar-refractivity contribution in [3.8, 4) is 11.5 Å². The Bertz CT molecular complexity index is 1260. The van der Waals surface area contributed by atoms with Gasteiger partial charge in [0.1, 0.15) is 6.54 Å². The maximum Gasteiger partial charge on any atom is 0.322 e. The molecule has 40 heavy (non-hydrogen) atoms. The van der Waals surface area contributed by atoms with E-state index in [2.05, 4.69) is 18.3 Å². The molecular weight excluding hydrogens is 526 g/mol. The summed E-state index contributed by atoms with van der Waals surface area (Å²) in [4.78, 5) is 31.8. The number of carbonyl (C=O) groups is 2. The number of urea groups is 1. The van der Waals surface area contributed by atoms with Gasteiger partial charge in [-0.1, -0.05) is 24.3 Å². The van der Waals surface area contributed by atoms with E-state index in [0.717, 1.165) is 32.8 Å². The number of ether oxygens (including phenoxy) is 3. The van der Waals surface area contributed by atoms with E-state index in [1.54, 1.807) is 37.6 Å². The van der Waals surface area contributed by atoms with Gasteiger partial charge in [-0.25, -0.2) is 4.79 Å². The monoisotopic (exact) mass is 567 g/mol. The molecule has 0 bridgehead atoms. The van der Waals surface area contributed by atoms with E-state index >= 15 is 0 Å². The number of nitrogens with zero attached hydrogens (tertiary/aromatic N) is 2. The highest BCUT2D eigenvalue weighted by Gasteiger charge is 2.23. The molecule has 0 unspecified atom stereocenters. The van der Waals surface area contributed by atoms with Gasteiger partial charge in [0.15, 0.2) is 11.5 Å². The summed E-state index contributed by atoms with van der Waals surface area (Å²) in [7, 11) is 4.85. The molecule has 0 saturated heterocycles. The van der Waals surface area contributed by atoms with Crippen molar-refractivity contribution in [3.05, 3.63) is 75.0 Å². The Labute approximate surface area is 241 Å². The fraction of sp³-hybridized carbons (Fsp3) is 0.419. The highest BCUT2D eigenvalue weighted by molar-refractivity contribution is 7.10. The lowest BCUT2D eigenvalue weighted by molar-refractivity contribution is -0.132. The second-order valence-corrected chi connectivity index (χ2v) is 10.7. The third-order valence-electron chi connectivity index (χ3n) is 6.88. The number of nitrogens with one attached hydrogen (secondary N) is 1. The summed E-state index contributed by atoms with van der Waals surface area (Å²) in [6.07, 6.45) is 1.26. The molecule has 0 aliphatic carbocycles. The fourth-order valence-electron chi connectivity index (χ4n) is 4.44. The summed E-state index contributed by atoms with van der Waals surface area (Å²) in [6, 6.07) is 13.4. The predicted molar refractivity (Wildman–Crippen MR) is 161 cm³/mol. The van der Waals surface area contributed by atoms with Crippen LogP contribution >= 0.6 is 11.3 Å². The number of para-hydroxylation sites is 1. The molecule has 1 N–H and O–H groups in total. The van der Waals surface area contributed by atoms with Crippen LogP contribution in [0.1, 0.15) is 33.6 Å². The molecule has 0 aliphatic heterocycles. The molecule has 0 radical (unpaired) electrons. The fourth-order valence-corrected chi connectivity index (χ4v) is 5.37. The molecule has 8 nitrogen and oxygen atoms in total. The van der Waals surface area contributed by atoms with Crippen LogP contribution in [0.4, 0.5) is 10.5 Å². The number of thiophene rings is 1. The van der Waals surface area contributed by atoms with Crippen LogP contribution in [0.3, 0.4) is 0 Å². The van der Waals surface area contributed by atoms with Gasteiger partial charge in [0, 0.05) is 37.4 Å². The minimum atomic E-state index is -0.297. The molecule has 0 aliphatic rings. The highest BCUT2D eigenvalue weighted by atomic mass is 32.1. The molecule has 3 rings (SSSR count). The van der Waals surface area contributed by atoms with Crippen LogP contribution in [0.25, 0.3) is 0 Å². The number of aryl methyl sites for hydroxylation is 3. The van der Waals surface area contributed by atoms with E-state index in [0.29, 0.717) is 50.6 Å². The molecular formula is C31H41N3O5S. The molecule has 0 atom stereocenters. The molecule has 3 aromatic rings. The van der Waals surface area contributed by atoms with Crippen molar-refractivity contribution in [1.82, 2.24) is 9.80 Å². The number of anilines is 1. The van der Waals surface area contributed by atoms with Crippen LogP contribution in [0.15, 0.2) is 47.8 Å². The number of carbonyl (C=O) groups excluding carboxylic acids is 2. The van der Waals surface area contributed by atoms with Crippen molar-refractivity contribution in [2.45, 2.75) is 40.2 Å². The first-order valence-corrected chi connectivity index (χ1v) is 14.3. The Morgan fingerprint density at radius 1 is 0.875 bits per heavy atom. The second kappa shape index (κ2) is 15.3. The van der Waals surface area contributed by atoms with Crippen LogP contribution in [0.5, 0.6) is 11.5 Å². The van der Waals surface area contributed by atoms with Gasteiger partial charge < -0.3 is 29.3 Å². The van der Waals surface area contributed by atoms with Crippen molar-refractivity contribution in [2.24, 2.45) is 0 Å². The van der Waals surface area contributed by atoms with E-state index < -0.39 is 0 Å². The average Bonchev–Trinajstić information content (AvgIpc) is 3.36. The van der Waals surface area contributed by atoms with E-state index in [-0.39, 0.29) is 18.5 Å². The van der Waals surface area contributed by atoms with Gasteiger partial charge in [0.05, 0.1) is 20.8 Å². The Morgan fingerprint density at radius 3 is 2.23 bits per heavy atom. The smallest absolute Gasteiger partial charge is 0.322 e. The van der Waals surface area contributed by atoms with Gasteiger partial charge in [0.2, 0.25) is 5.91 Å². The molecule has 3 amide bonds. The van der Waals surface area contributed by atoms with Crippen molar-refractivity contribution >= 4 is 29.0 Å². The van der Waals surface area contributed by atoms with E-state index in [1.807, 2.05) is 60.5 Å². The molecule has 1 heterocycles. The quantitative estimate of drug-likeness (QED) is 0.248. The maximum atomic E-state index is 13.8. The van der Waals surface area contributed by atoms with Crippen LogP contribution in [0, 0.1) is 20.8 Å². The van der Waals surface area contributed by atoms with Crippen LogP contribution < -0.4 is 14.8 Å². The van der Waals surface area contributed by atoms with Crippen molar-refractivity contribution in [1.29, 1.82) is 0 Å². The Balaban J connectivity index is 1.80. The second-order valence-electron chi connectivity index (χ2n) is 9.75. The molecule has 0 spiro atoms. The minimum Gasteiger partial charge on any atom is -0.493 e. The zero-order valence-corrected chi connectivity index (χ0v) is 25.2. The first-order valence-electron chi connectivity index (χ1n) is 13.4. The summed E-state index contributed by atoms with van der Waals surface area (Å²) in [5.74, 6) is 1.21. The molecule has 0 fully saturated rings. The summed E-state index contributed by atoms with van der Waals surface area (Å²) in [5, 5.41) is 5.08. The van der Waals surface area contributed by atoms with Crippen molar-refractivity contribution in [3.63, 3.8) is 0 Å². The molecule has 9 heteroatoms. The summed E-state index contributed by atoms with van der Waals surface area (Å²) in [6.45, 7) is 7.83. The van der Waals surface area contributed by atoms with Crippen LogP contribution in [-0.2, 0) is 22.5 Å². The number of hydrogen-bond donors (Lipinski definition) is 1. The molecule has 1 aromatic heterocycles. The van der Waals surface area contributed by atoms with Gasteiger partial charge in [-0.15, -0.1) is 11.3 Å². The number of methoxy groups -OCH3 is 3. The van der Waals surface area contributed by atoms with E-state index in [1.165, 1.54) is 0 Å². The normalized spacial score (nSPS) is 10.8. The first-order chi connectivity index (χ1) is 19.3. The van der Waals surface area contributed by atoms with Crippen LogP contribution in [-0.4, -0.2) is 69.3 Å². The maximum absolute atomic E-state index is 13.8. The predicted octanol–water partition coefficient (Wildman–Crippen LogP) is 5.83. The van der Waals surface area contributed by atoms with Gasteiger partial charge in [-0.2, -0.15) is 0 Å². The van der Waals surface area contributed by atoms with Gasteiger partial charge in [0.25, 0.3) is 0 Å². The Kier molecular flexibility index (Phi) is 11.8. The lowest BCUT2D eigenvalue weighted by Crippen LogP contribution is -2.45. The third kappa shape index (κ3) is 8.47. The van der Waals surface area contributed by atoms with Gasteiger partial charge in [-0.3, -0.25) is 4.79 Å². The average molecular weight is 568 g/mol. The van der Waals surface area contributed by atoms with Crippen molar-refractivity contribution < 1.29 is 23.8 Å². The topological polar surface area (TPSA) is 80.3 Å². The van der Waals surface area contributed by atoms with E-state index in [4.69, 9.17) is 14.2 Å². The SMILES string of the molecule is COCCCN(CC(=O)N(CCc1ccc(OC)c(OC)c1)Cc1sccc1C)C(=O)Nc1c(C)cccc1C. The zero-order valence-electron chi connectivity index (χ0n) is 24.4. The third-order valence-corrected chi connectivity index (χ3v) is 7.88. The van der Waals surface area contributed by atoms with Gasteiger partial charge >= 0.3 is 6.03 Å². The number of benzene rings is 2. The minimum absolute atomic E-state index is 0.0309. The lowest BCUT2D eigenvalue weighted by Gasteiger charge is -2.28. The summed E-state index contributed by atoms with van der Waals surface area (Å²) in [5.41, 5.74) is 4.90. The van der Waals surface area contributed by atoms with E-state index in [9.17, 15) is 9.59 Å². The number of amides is 3. The Morgan fingerprint density at radius 2 is 1.60 bits per heavy atom.